The van der Waals surface area contributed by atoms with Crippen molar-refractivity contribution in [1.29, 1.82) is 0 Å². The highest BCUT2D eigenvalue weighted by atomic mass is 19.1. The molecule has 0 spiro atoms. The normalized spacial score (nSPS) is 25.4. The Kier molecular flexibility index (Phi) is 2.98. The van der Waals surface area contributed by atoms with Crippen molar-refractivity contribution in [2.45, 2.75) is 25.1 Å². The lowest BCUT2D eigenvalue weighted by Gasteiger charge is -2.36. The van der Waals surface area contributed by atoms with E-state index >= 15 is 0 Å². The third-order valence-corrected chi connectivity index (χ3v) is 3.46. The third kappa shape index (κ3) is 1.96. The zero-order valence-electron chi connectivity index (χ0n) is 10.4. The van der Waals surface area contributed by atoms with Gasteiger partial charge in [-0.25, -0.2) is 4.39 Å². The van der Waals surface area contributed by atoms with Crippen LogP contribution in [0.1, 0.15) is 30.2 Å². The van der Waals surface area contributed by atoms with E-state index in [4.69, 9.17) is 0 Å². The van der Waals surface area contributed by atoms with Crippen LogP contribution >= 0.6 is 0 Å². The summed E-state index contributed by atoms with van der Waals surface area (Å²) in [5.74, 6) is -1.44. The number of aliphatic hydroxyl groups excluding tert-OH is 1. The smallest absolute Gasteiger partial charge is 0.251 e. The van der Waals surface area contributed by atoms with Crippen molar-refractivity contribution < 1.29 is 19.1 Å². The van der Waals surface area contributed by atoms with E-state index in [-0.39, 0.29) is 24.3 Å². The number of hydrazone groups is 1. The predicted octanol–water partition coefficient (Wildman–Crippen LogP) is 0.271. The molecule has 2 heterocycles. The van der Waals surface area contributed by atoms with Crippen LogP contribution < -0.4 is 5.32 Å². The summed E-state index contributed by atoms with van der Waals surface area (Å²) in [6, 6.07) is 3.61. The van der Waals surface area contributed by atoms with Crippen LogP contribution in [0.5, 0.6) is 0 Å². The van der Waals surface area contributed by atoms with E-state index in [1.807, 2.05) is 0 Å². The molecule has 0 radical (unpaired) electrons. The standard InChI is InChI=1S/C13H12FN3O3/c14-8-3-1-2-7-6-15-17(13(20)11(7)8)9-4-5-10(18)16-12(9)19/h1-3,6,9,13,20H,4-5H2,(H,16,18,19). The van der Waals surface area contributed by atoms with Crippen molar-refractivity contribution in [2.24, 2.45) is 5.10 Å². The highest BCUT2D eigenvalue weighted by molar-refractivity contribution is 6.00. The van der Waals surface area contributed by atoms with Crippen LogP contribution in [0, 0.1) is 5.82 Å². The van der Waals surface area contributed by atoms with Crippen molar-refractivity contribution >= 4 is 18.0 Å². The maximum Gasteiger partial charge on any atom is 0.251 e. The van der Waals surface area contributed by atoms with E-state index in [1.54, 1.807) is 6.07 Å². The Morgan fingerprint density at radius 2 is 2.20 bits per heavy atom. The van der Waals surface area contributed by atoms with Crippen molar-refractivity contribution in [1.82, 2.24) is 10.3 Å². The van der Waals surface area contributed by atoms with Gasteiger partial charge in [-0.05, 0) is 12.5 Å². The Morgan fingerprint density at radius 3 is 2.95 bits per heavy atom. The summed E-state index contributed by atoms with van der Waals surface area (Å²) in [4.78, 5) is 22.9. The van der Waals surface area contributed by atoms with Crippen molar-refractivity contribution in [2.75, 3.05) is 0 Å². The van der Waals surface area contributed by atoms with Gasteiger partial charge in [0, 0.05) is 17.5 Å². The number of hydrogen-bond acceptors (Lipinski definition) is 5. The number of rotatable bonds is 1. The number of imide groups is 1. The fraction of sp³-hybridized carbons (Fsp3) is 0.308. The fourth-order valence-electron chi connectivity index (χ4n) is 2.45. The molecule has 20 heavy (non-hydrogen) atoms. The Labute approximate surface area is 113 Å². The Morgan fingerprint density at radius 1 is 1.40 bits per heavy atom. The summed E-state index contributed by atoms with van der Waals surface area (Å²) in [5, 5.41) is 17.6. The number of piperidine rings is 1. The molecule has 1 fully saturated rings. The van der Waals surface area contributed by atoms with E-state index in [9.17, 15) is 19.1 Å². The van der Waals surface area contributed by atoms with Gasteiger partial charge in [-0.15, -0.1) is 0 Å². The van der Waals surface area contributed by atoms with E-state index in [1.165, 1.54) is 18.3 Å². The van der Waals surface area contributed by atoms with Gasteiger partial charge >= 0.3 is 0 Å². The Hall–Kier alpha value is -2.28. The quantitative estimate of drug-likeness (QED) is 0.722. The summed E-state index contributed by atoms with van der Waals surface area (Å²) < 4.78 is 13.8. The molecule has 104 valence electrons. The first-order valence-electron chi connectivity index (χ1n) is 6.20. The molecule has 7 heteroatoms. The molecular weight excluding hydrogens is 265 g/mol. The van der Waals surface area contributed by atoms with Gasteiger partial charge in [0.05, 0.1) is 6.21 Å². The first kappa shape index (κ1) is 12.7. The molecule has 6 nitrogen and oxygen atoms in total. The van der Waals surface area contributed by atoms with Crippen LogP contribution in [0.25, 0.3) is 0 Å². The minimum atomic E-state index is -1.35. The second kappa shape index (κ2) is 4.68. The number of amides is 2. The molecule has 1 aromatic carbocycles. The molecule has 0 aliphatic carbocycles. The lowest BCUT2D eigenvalue weighted by atomic mass is 10.0. The maximum atomic E-state index is 13.8. The van der Waals surface area contributed by atoms with Crippen LogP contribution in [-0.4, -0.2) is 34.2 Å². The topological polar surface area (TPSA) is 82.0 Å². The van der Waals surface area contributed by atoms with E-state index in [0.29, 0.717) is 5.56 Å². The molecule has 1 saturated heterocycles. The molecule has 1 aromatic rings. The van der Waals surface area contributed by atoms with Crippen LogP contribution in [0.4, 0.5) is 4.39 Å². The van der Waals surface area contributed by atoms with Gasteiger partial charge in [-0.3, -0.25) is 19.9 Å². The second-order valence-corrected chi connectivity index (χ2v) is 4.71. The van der Waals surface area contributed by atoms with Gasteiger partial charge in [-0.2, -0.15) is 5.10 Å². The van der Waals surface area contributed by atoms with Gasteiger partial charge < -0.3 is 5.11 Å². The first-order valence-corrected chi connectivity index (χ1v) is 6.20. The summed E-state index contributed by atoms with van der Waals surface area (Å²) >= 11 is 0. The molecule has 0 saturated carbocycles. The average Bonchev–Trinajstić information content (AvgIpc) is 2.40. The Bertz CT molecular complexity index is 617. The molecule has 0 bridgehead atoms. The molecule has 0 aromatic heterocycles. The number of halogens is 1. The Balaban J connectivity index is 1.93. The molecule has 3 rings (SSSR count). The summed E-state index contributed by atoms with van der Waals surface area (Å²) in [6.07, 6.45) is 0.455. The number of fused-ring (bicyclic) bond motifs is 1. The second-order valence-electron chi connectivity index (χ2n) is 4.71. The number of nitrogens with one attached hydrogen (secondary N) is 1. The monoisotopic (exact) mass is 277 g/mol. The largest absolute Gasteiger partial charge is 0.368 e. The number of carbonyl (C=O) groups excluding carboxylic acids is 2. The van der Waals surface area contributed by atoms with Crippen molar-refractivity contribution in [3.05, 3.63) is 35.1 Å². The first-order chi connectivity index (χ1) is 9.58. The zero-order chi connectivity index (χ0) is 14.3. The van der Waals surface area contributed by atoms with Crippen LogP contribution in [-0.2, 0) is 9.59 Å². The van der Waals surface area contributed by atoms with Crippen LogP contribution in [0.15, 0.2) is 23.3 Å². The number of benzene rings is 1. The average molecular weight is 277 g/mol. The number of nitrogens with zero attached hydrogens (tertiary/aromatic N) is 2. The number of carbonyl (C=O) groups is 2. The fourth-order valence-corrected chi connectivity index (χ4v) is 2.45. The van der Waals surface area contributed by atoms with E-state index < -0.39 is 24.0 Å². The van der Waals surface area contributed by atoms with Crippen LogP contribution in [0.3, 0.4) is 0 Å². The molecular formula is C13H12FN3O3. The van der Waals surface area contributed by atoms with Gasteiger partial charge in [0.2, 0.25) is 5.91 Å². The molecule has 2 atom stereocenters. The maximum absolute atomic E-state index is 13.8. The minimum Gasteiger partial charge on any atom is -0.368 e. The zero-order valence-corrected chi connectivity index (χ0v) is 10.4. The lowest BCUT2D eigenvalue weighted by Crippen LogP contribution is -2.52. The van der Waals surface area contributed by atoms with Crippen molar-refractivity contribution in [3.63, 3.8) is 0 Å². The van der Waals surface area contributed by atoms with E-state index in [2.05, 4.69) is 10.4 Å². The third-order valence-electron chi connectivity index (χ3n) is 3.46. The van der Waals surface area contributed by atoms with E-state index in [0.717, 1.165) is 5.01 Å². The van der Waals surface area contributed by atoms with Crippen LogP contribution in [0.2, 0.25) is 0 Å². The lowest BCUT2D eigenvalue weighted by molar-refractivity contribution is -0.142. The highest BCUT2D eigenvalue weighted by Gasteiger charge is 2.37. The van der Waals surface area contributed by atoms with Gasteiger partial charge in [-0.1, -0.05) is 12.1 Å². The molecule has 2 unspecified atom stereocenters. The molecule has 2 amide bonds. The van der Waals surface area contributed by atoms with Gasteiger partial charge in [0.1, 0.15) is 11.9 Å². The SMILES string of the molecule is O=C1CCC(N2N=Cc3cccc(F)c3C2O)C(=O)N1. The number of hydrogen-bond donors (Lipinski definition) is 2. The molecule has 2 N–H and O–H groups in total. The highest BCUT2D eigenvalue weighted by Crippen LogP contribution is 2.31. The summed E-state index contributed by atoms with van der Waals surface area (Å²) in [7, 11) is 0. The predicted molar refractivity (Wildman–Crippen MR) is 67.0 cm³/mol. The van der Waals surface area contributed by atoms with Gasteiger partial charge in [0.25, 0.3) is 5.91 Å². The van der Waals surface area contributed by atoms with Gasteiger partial charge in [0.15, 0.2) is 6.23 Å². The van der Waals surface area contributed by atoms with Crippen molar-refractivity contribution in [3.8, 4) is 0 Å². The summed E-state index contributed by atoms with van der Waals surface area (Å²) in [5.41, 5.74) is 0.563. The molecule has 2 aliphatic heterocycles. The number of aliphatic hydroxyl groups is 1. The minimum absolute atomic E-state index is 0.0900. The molecule has 2 aliphatic rings. The summed E-state index contributed by atoms with van der Waals surface area (Å²) in [6.45, 7) is 0.